The molecule has 0 radical (unpaired) electrons. The molecule has 0 unspecified atom stereocenters. The van der Waals surface area contributed by atoms with Gasteiger partial charge in [0.15, 0.2) is 0 Å². The van der Waals surface area contributed by atoms with Gasteiger partial charge in [-0.1, -0.05) is 0 Å². The molecule has 1 atom stereocenters. The van der Waals surface area contributed by atoms with Crippen LogP contribution in [0.2, 0.25) is 0 Å². The molecular formula is C9H18N2O2. The van der Waals surface area contributed by atoms with Crippen molar-refractivity contribution in [2.75, 3.05) is 7.11 Å². The van der Waals surface area contributed by atoms with E-state index in [9.17, 15) is 4.79 Å². The lowest BCUT2D eigenvalue weighted by atomic mass is 9.82. The summed E-state index contributed by atoms with van der Waals surface area (Å²) in [6.07, 6.45) is 3.82. The Morgan fingerprint density at radius 1 is 1.38 bits per heavy atom. The zero-order valence-corrected chi connectivity index (χ0v) is 8.03. The largest absolute Gasteiger partial charge is 0.468 e. The first-order valence-electron chi connectivity index (χ1n) is 4.74. The zero-order chi connectivity index (χ0) is 9.84. The molecule has 0 saturated heterocycles. The molecule has 0 aromatic heterocycles. The van der Waals surface area contributed by atoms with Crippen molar-refractivity contribution in [3.8, 4) is 0 Å². The topological polar surface area (TPSA) is 78.3 Å². The molecule has 0 bridgehead atoms. The molecule has 1 rings (SSSR count). The number of rotatable bonds is 2. The average Bonchev–Trinajstić information content (AvgIpc) is 2.17. The Balaban J connectivity index is 2.39. The molecule has 0 heterocycles. The molecule has 0 amide bonds. The van der Waals surface area contributed by atoms with Crippen LogP contribution in [0.3, 0.4) is 0 Å². The van der Waals surface area contributed by atoms with Crippen molar-refractivity contribution in [1.82, 2.24) is 0 Å². The lowest BCUT2D eigenvalue weighted by Gasteiger charge is -2.28. The van der Waals surface area contributed by atoms with Crippen LogP contribution in [0.15, 0.2) is 0 Å². The maximum absolute atomic E-state index is 11.1. The maximum Gasteiger partial charge on any atom is 0.322 e. The third-order valence-electron chi connectivity index (χ3n) is 2.80. The van der Waals surface area contributed by atoms with Gasteiger partial charge in [0.1, 0.15) is 6.04 Å². The van der Waals surface area contributed by atoms with Crippen LogP contribution in [-0.4, -0.2) is 25.2 Å². The lowest BCUT2D eigenvalue weighted by molar-refractivity contribution is -0.143. The molecule has 1 aliphatic rings. The number of hydrogen-bond donors (Lipinski definition) is 2. The van der Waals surface area contributed by atoms with E-state index in [4.69, 9.17) is 11.5 Å². The Bertz CT molecular complexity index is 176. The molecule has 4 nitrogen and oxygen atoms in total. The summed E-state index contributed by atoms with van der Waals surface area (Å²) >= 11 is 0. The third kappa shape index (κ3) is 2.67. The van der Waals surface area contributed by atoms with Crippen molar-refractivity contribution < 1.29 is 9.53 Å². The first-order valence-corrected chi connectivity index (χ1v) is 4.74. The molecule has 1 aliphatic carbocycles. The summed E-state index contributed by atoms with van der Waals surface area (Å²) < 4.78 is 4.60. The number of esters is 1. The van der Waals surface area contributed by atoms with E-state index in [1.807, 2.05) is 0 Å². The van der Waals surface area contributed by atoms with Crippen LogP contribution in [0.4, 0.5) is 0 Å². The molecule has 1 saturated carbocycles. The fraction of sp³-hybridized carbons (Fsp3) is 0.889. The number of methoxy groups -OCH3 is 1. The molecular weight excluding hydrogens is 168 g/mol. The predicted molar refractivity (Wildman–Crippen MR) is 49.9 cm³/mol. The fourth-order valence-corrected chi connectivity index (χ4v) is 1.83. The molecule has 0 spiro atoms. The highest BCUT2D eigenvalue weighted by Gasteiger charge is 2.28. The number of nitrogens with two attached hydrogens (primary N) is 2. The Morgan fingerprint density at radius 3 is 2.38 bits per heavy atom. The summed E-state index contributed by atoms with van der Waals surface area (Å²) in [4.78, 5) is 11.1. The standard InChI is InChI=1S/C9H18N2O2/c1-13-9(12)8(11)6-2-4-7(10)5-3-6/h6-8H,2-5,10-11H2,1H3/t6?,7?,8-/m0/s1. The van der Waals surface area contributed by atoms with E-state index in [0.717, 1.165) is 25.7 Å². The van der Waals surface area contributed by atoms with Gasteiger partial charge < -0.3 is 16.2 Å². The van der Waals surface area contributed by atoms with Crippen molar-refractivity contribution in [3.05, 3.63) is 0 Å². The van der Waals surface area contributed by atoms with E-state index in [1.54, 1.807) is 0 Å². The SMILES string of the molecule is COC(=O)[C@@H](N)C1CCC(N)CC1. The van der Waals surface area contributed by atoms with E-state index >= 15 is 0 Å². The van der Waals surface area contributed by atoms with E-state index in [2.05, 4.69) is 4.74 Å². The second-order valence-electron chi connectivity index (χ2n) is 3.72. The van der Waals surface area contributed by atoms with Crippen LogP contribution in [-0.2, 0) is 9.53 Å². The summed E-state index contributed by atoms with van der Waals surface area (Å²) in [7, 11) is 1.37. The van der Waals surface area contributed by atoms with Gasteiger partial charge in [0.25, 0.3) is 0 Å². The quantitative estimate of drug-likeness (QED) is 0.595. The van der Waals surface area contributed by atoms with Gasteiger partial charge in [-0.3, -0.25) is 4.79 Å². The Morgan fingerprint density at radius 2 is 1.92 bits per heavy atom. The van der Waals surface area contributed by atoms with Crippen LogP contribution in [0.5, 0.6) is 0 Å². The maximum atomic E-state index is 11.1. The zero-order valence-electron chi connectivity index (χ0n) is 8.03. The second kappa shape index (κ2) is 4.58. The van der Waals surface area contributed by atoms with E-state index < -0.39 is 6.04 Å². The molecule has 0 aromatic carbocycles. The summed E-state index contributed by atoms with van der Waals surface area (Å²) in [5.41, 5.74) is 11.5. The van der Waals surface area contributed by atoms with Gasteiger partial charge in [-0.05, 0) is 31.6 Å². The number of carbonyl (C=O) groups excluding carboxylic acids is 1. The molecule has 76 valence electrons. The molecule has 4 heteroatoms. The van der Waals surface area contributed by atoms with Gasteiger partial charge in [-0.2, -0.15) is 0 Å². The summed E-state index contributed by atoms with van der Waals surface area (Å²) in [5, 5.41) is 0. The highest BCUT2D eigenvalue weighted by molar-refractivity contribution is 5.75. The first-order chi connectivity index (χ1) is 6.15. The van der Waals surface area contributed by atoms with Crippen LogP contribution in [0.1, 0.15) is 25.7 Å². The van der Waals surface area contributed by atoms with Crippen LogP contribution in [0.25, 0.3) is 0 Å². The minimum atomic E-state index is -0.461. The van der Waals surface area contributed by atoms with Gasteiger partial charge in [0, 0.05) is 6.04 Å². The summed E-state index contributed by atoms with van der Waals surface area (Å²) in [6, 6.07) is -0.168. The lowest BCUT2D eigenvalue weighted by Crippen LogP contribution is -2.42. The van der Waals surface area contributed by atoms with Crippen molar-refractivity contribution >= 4 is 5.97 Å². The number of ether oxygens (including phenoxy) is 1. The van der Waals surface area contributed by atoms with Gasteiger partial charge in [-0.15, -0.1) is 0 Å². The third-order valence-corrected chi connectivity index (χ3v) is 2.80. The fourth-order valence-electron chi connectivity index (χ4n) is 1.83. The predicted octanol–water partition coefficient (Wildman–Crippen LogP) is 0.00420. The summed E-state index contributed by atoms with van der Waals surface area (Å²) in [6.45, 7) is 0. The van der Waals surface area contributed by atoms with Gasteiger partial charge >= 0.3 is 5.97 Å². The normalized spacial score (nSPS) is 31.0. The van der Waals surface area contributed by atoms with Crippen molar-refractivity contribution in [3.63, 3.8) is 0 Å². The minimum absolute atomic E-state index is 0.257. The van der Waals surface area contributed by atoms with E-state index in [1.165, 1.54) is 7.11 Å². The van der Waals surface area contributed by atoms with E-state index in [-0.39, 0.29) is 11.9 Å². The minimum Gasteiger partial charge on any atom is -0.468 e. The smallest absolute Gasteiger partial charge is 0.322 e. The molecule has 13 heavy (non-hydrogen) atoms. The van der Waals surface area contributed by atoms with Crippen molar-refractivity contribution in [2.24, 2.45) is 17.4 Å². The van der Waals surface area contributed by atoms with Gasteiger partial charge in [0.2, 0.25) is 0 Å². The molecule has 1 fully saturated rings. The number of carbonyl (C=O) groups is 1. The van der Waals surface area contributed by atoms with E-state index in [0.29, 0.717) is 6.04 Å². The Kier molecular flexibility index (Phi) is 3.69. The monoisotopic (exact) mass is 186 g/mol. The van der Waals surface area contributed by atoms with Crippen LogP contribution >= 0.6 is 0 Å². The van der Waals surface area contributed by atoms with Crippen molar-refractivity contribution in [2.45, 2.75) is 37.8 Å². The number of hydrogen-bond acceptors (Lipinski definition) is 4. The van der Waals surface area contributed by atoms with Gasteiger partial charge in [-0.25, -0.2) is 0 Å². The van der Waals surface area contributed by atoms with Crippen LogP contribution < -0.4 is 11.5 Å². The average molecular weight is 186 g/mol. The second-order valence-corrected chi connectivity index (χ2v) is 3.72. The van der Waals surface area contributed by atoms with Gasteiger partial charge in [0.05, 0.1) is 7.11 Å². The van der Waals surface area contributed by atoms with Crippen LogP contribution in [0, 0.1) is 5.92 Å². The molecule has 4 N–H and O–H groups in total. The molecule has 0 aromatic rings. The highest BCUT2D eigenvalue weighted by Crippen LogP contribution is 2.25. The summed E-state index contributed by atoms with van der Waals surface area (Å²) in [5.74, 6) is -0.0484. The first kappa shape index (κ1) is 10.5. The Labute approximate surface area is 78.6 Å². The highest BCUT2D eigenvalue weighted by atomic mass is 16.5. The molecule has 0 aliphatic heterocycles. The van der Waals surface area contributed by atoms with Crippen molar-refractivity contribution in [1.29, 1.82) is 0 Å². The Hall–Kier alpha value is -0.610.